The van der Waals surface area contributed by atoms with Crippen molar-refractivity contribution in [2.75, 3.05) is 0 Å². The molecule has 2 aromatic heterocycles. The third-order valence-corrected chi connectivity index (χ3v) is 4.60. The summed E-state index contributed by atoms with van der Waals surface area (Å²) in [6.45, 7) is 5.87. The molecule has 2 heterocycles. The molecular weight excluding hydrogens is 325 g/mol. The van der Waals surface area contributed by atoms with Gasteiger partial charge in [0.05, 0.1) is 10.0 Å². The molecule has 100 valence electrons. The van der Waals surface area contributed by atoms with Crippen molar-refractivity contribution in [1.82, 2.24) is 15.0 Å². The minimum atomic E-state index is 0.217. The van der Waals surface area contributed by atoms with E-state index < -0.39 is 0 Å². The molecule has 0 atom stereocenters. The Hall–Kier alpha value is -0.550. The monoisotopic (exact) mass is 333 g/mol. The molecule has 0 aliphatic rings. The molecule has 0 radical (unpaired) electrons. The van der Waals surface area contributed by atoms with Gasteiger partial charge in [0.25, 0.3) is 0 Å². The van der Waals surface area contributed by atoms with Crippen molar-refractivity contribution in [1.29, 1.82) is 0 Å². The summed E-state index contributed by atoms with van der Waals surface area (Å²) < 4.78 is 0. The highest BCUT2D eigenvalue weighted by Gasteiger charge is 2.12. The lowest BCUT2D eigenvalue weighted by molar-refractivity contribution is 0.878. The standard InChI is InChI=1S/C12H10Cl3N3S/c1-5-6(2)16-12(17-7(5)3)19-11-9(14)4-8(13)10(15)18-11/h4H,1-3H3. The van der Waals surface area contributed by atoms with Crippen LogP contribution in [0.5, 0.6) is 0 Å². The van der Waals surface area contributed by atoms with Crippen molar-refractivity contribution in [3.8, 4) is 0 Å². The first-order valence-electron chi connectivity index (χ1n) is 5.39. The van der Waals surface area contributed by atoms with Gasteiger partial charge in [-0.1, -0.05) is 34.8 Å². The summed E-state index contributed by atoms with van der Waals surface area (Å²) >= 11 is 19.1. The van der Waals surface area contributed by atoms with Gasteiger partial charge in [0.2, 0.25) is 0 Å². The average Bonchev–Trinajstić information content (AvgIpc) is 2.33. The lowest BCUT2D eigenvalue weighted by atomic mass is 10.2. The summed E-state index contributed by atoms with van der Waals surface area (Å²) in [6, 6.07) is 1.56. The van der Waals surface area contributed by atoms with Gasteiger partial charge in [-0.3, -0.25) is 0 Å². The van der Waals surface area contributed by atoms with Crippen molar-refractivity contribution < 1.29 is 0 Å². The highest BCUT2D eigenvalue weighted by Crippen LogP contribution is 2.34. The van der Waals surface area contributed by atoms with E-state index in [0.717, 1.165) is 17.0 Å². The molecule has 0 aliphatic carbocycles. The Bertz CT molecular complexity index is 623. The fourth-order valence-electron chi connectivity index (χ4n) is 1.37. The normalized spacial score (nSPS) is 10.8. The van der Waals surface area contributed by atoms with Crippen molar-refractivity contribution in [2.45, 2.75) is 31.0 Å². The van der Waals surface area contributed by atoms with Gasteiger partial charge in [-0.15, -0.1) is 0 Å². The Kier molecular flexibility index (Phi) is 4.56. The van der Waals surface area contributed by atoms with Gasteiger partial charge < -0.3 is 0 Å². The topological polar surface area (TPSA) is 38.7 Å². The second kappa shape index (κ2) is 5.83. The SMILES string of the molecule is Cc1nc(Sc2nc(Cl)c(Cl)cc2Cl)nc(C)c1C. The maximum absolute atomic E-state index is 6.08. The molecule has 0 amide bonds. The van der Waals surface area contributed by atoms with Crippen molar-refractivity contribution >= 4 is 46.6 Å². The lowest BCUT2D eigenvalue weighted by Crippen LogP contribution is -1.98. The minimum absolute atomic E-state index is 0.217. The van der Waals surface area contributed by atoms with Crippen LogP contribution < -0.4 is 0 Å². The van der Waals surface area contributed by atoms with Gasteiger partial charge in [-0.25, -0.2) is 15.0 Å². The molecule has 2 rings (SSSR count). The Morgan fingerprint density at radius 2 is 1.47 bits per heavy atom. The third kappa shape index (κ3) is 3.31. The number of rotatable bonds is 2. The predicted molar refractivity (Wildman–Crippen MR) is 79.6 cm³/mol. The fourth-order valence-corrected chi connectivity index (χ4v) is 2.87. The molecule has 0 unspecified atom stereocenters. The number of aryl methyl sites for hydroxylation is 2. The van der Waals surface area contributed by atoms with Crippen LogP contribution in [0, 0.1) is 20.8 Å². The van der Waals surface area contributed by atoms with Crippen molar-refractivity contribution in [3.05, 3.63) is 38.2 Å². The molecule has 0 bridgehead atoms. The molecule has 0 aromatic carbocycles. The lowest BCUT2D eigenvalue weighted by Gasteiger charge is -2.07. The zero-order valence-corrected chi connectivity index (χ0v) is 13.5. The van der Waals surface area contributed by atoms with Gasteiger partial charge in [0.15, 0.2) is 5.16 Å². The molecule has 19 heavy (non-hydrogen) atoms. The molecular formula is C12H10Cl3N3S. The quantitative estimate of drug-likeness (QED) is 0.578. The Balaban J connectivity index is 2.39. The number of aromatic nitrogens is 3. The van der Waals surface area contributed by atoms with Crippen LogP contribution in [0.15, 0.2) is 16.2 Å². The van der Waals surface area contributed by atoms with Crippen LogP contribution in [0.2, 0.25) is 15.2 Å². The predicted octanol–water partition coefficient (Wildman–Crippen LogP) is 4.91. The summed E-state index contributed by atoms with van der Waals surface area (Å²) in [4.78, 5) is 12.9. The Labute approximate surface area is 130 Å². The van der Waals surface area contributed by atoms with Crippen molar-refractivity contribution in [2.24, 2.45) is 0 Å². The molecule has 0 saturated carbocycles. The van der Waals surface area contributed by atoms with Crippen LogP contribution in [0.25, 0.3) is 0 Å². The molecule has 0 aliphatic heterocycles. The maximum Gasteiger partial charge on any atom is 0.194 e. The molecule has 0 spiro atoms. The molecule has 7 heteroatoms. The minimum Gasteiger partial charge on any atom is -0.227 e. The Morgan fingerprint density at radius 1 is 0.895 bits per heavy atom. The summed E-state index contributed by atoms with van der Waals surface area (Å²) in [7, 11) is 0. The maximum atomic E-state index is 6.08. The second-order valence-corrected chi connectivity index (χ2v) is 6.08. The zero-order valence-electron chi connectivity index (χ0n) is 10.5. The van der Waals surface area contributed by atoms with E-state index in [1.807, 2.05) is 20.8 Å². The van der Waals surface area contributed by atoms with E-state index in [1.54, 1.807) is 6.07 Å². The second-order valence-electron chi connectivity index (χ2n) is 3.95. The average molecular weight is 335 g/mol. The van der Waals surface area contributed by atoms with E-state index in [2.05, 4.69) is 15.0 Å². The number of halogens is 3. The largest absolute Gasteiger partial charge is 0.227 e. The van der Waals surface area contributed by atoms with Gasteiger partial charge in [-0.05, 0) is 44.2 Å². The van der Waals surface area contributed by atoms with Crippen LogP contribution in [-0.4, -0.2) is 15.0 Å². The van der Waals surface area contributed by atoms with Gasteiger partial charge >= 0.3 is 0 Å². The summed E-state index contributed by atoms with van der Waals surface area (Å²) in [5.74, 6) is 0. The van der Waals surface area contributed by atoms with Gasteiger partial charge in [0.1, 0.15) is 10.2 Å². The van der Waals surface area contributed by atoms with E-state index >= 15 is 0 Å². The summed E-state index contributed by atoms with van der Waals surface area (Å²) in [6.07, 6.45) is 0. The van der Waals surface area contributed by atoms with Crippen LogP contribution in [0.3, 0.4) is 0 Å². The van der Waals surface area contributed by atoms with E-state index in [9.17, 15) is 0 Å². The number of nitrogens with zero attached hydrogens (tertiary/aromatic N) is 3. The number of hydrogen-bond acceptors (Lipinski definition) is 4. The smallest absolute Gasteiger partial charge is 0.194 e. The zero-order chi connectivity index (χ0) is 14.2. The van der Waals surface area contributed by atoms with E-state index in [1.165, 1.54) is 11.8 Å². The Morgan fingerprint density at radius 3 is 2.05 bits per heavy atom. The number of hydrogen-bond donors (Lipinski definition) is 0. The molecule has 3 nitrogen and oxygen atoms in total. The summed E-state index contributed by atoms with van der Waals surface area (Å²) in [5.41, 5.74) is 2.95. The van der Waals surface area contributed by atoms with Crippen molar-refractivity contribution in [3.63, 3.8) is 0 Å². The molecule has 2 aromatic rings. The highest BCUT2D eigenvalue weighted by atomic mass is 35.5. The van der Waals surface area contributed by atoms with Gasteiger partial charge in [0, 0.05) is 11.4 Å². The van der Waals surface area contributed by atoms with E-state index in [0.29, 0.717) is 20.2 Å². The first-order chi connectivity index (χ1) is 8.88. The number of pyridine rings is 1. The third-order valence-electron chi connectivity index (χ3n) is 2.65. The van der Waals surface area contributed by atoms with Gasteiger partial charge in [-0.2, -0.15) is 0 Å². The molecule has 0 saturated heterocycles. The van der Waals surface area contributed by atoms with Crippen LogP contribution in [-0.2, 0) is 0 Å². The fraction of sp³-hybridized carbons (Fsp3) is 0.250. The van der Waals surface area contributed by atoms with Crippen LogP contribution >= 0.6 is 46.6 Å². The summed E-state index contributed by atoms with van der Waals surface area (Å²) in [5, 5.41) is 2.10. The highest BCUT2D eigenvalue weighted by molar-refractivity contribution is 7.99. The van der Waals surface area contributed by atoms with Crippen LogP contribution in [0.1, 0.15) is 17.0 Å². The molecule has 0 N–H and O–H groups in total. The first kappa shape index (κ1) is 14.9. The molecule has 0 fully saturated rings. The van der Waals surface area contributed by atoms with E-state index in [-0.39, 0.29) is 5.15 Å². The van der Waals surface area contributed by atoms with Crippen LogP contribution in [0.4, 0.5) is 0 Å². The van der Waals surface area contributed by atoms with E-state index in [4.69, 9.17) is 34.8 Å². The first-order valence-corrected chi connectivity index (χ1v) is 7.34.